The molecule has 2 amide bonds. The Kier molecular flexibility index (Phi) is 5.35. The summed E-state index contributed by atoms with van der Waals surface area (Å²) in [6, 6.07) is 9.41. The zero-order chi connectivity index (χ0) is 16.9. The third kappa shape index (κ3) is 4.47. The number of urea groups is 1. The molecular formula is C18H24N2O4. The van der Waals surface area contributed by atoms with Crippen molar-refractivity contribution in [3.63, 3.8) is 0 Å². The zero-order valence-corrected chi connectivity index (χ0v) is 13.6. The van der Waals surface area contributed by atoms with Crippen molar-refractivity contribution >= 4 is 12.0 Å². The van der Waals surface area contributed by atoms with Crippen LogP contribution in [-0.4, -0.2) is 41.4 Å². The Labute approximate surface area is 141 Å². The standard InChI is InChI=1S/C18H24N2O4/c21-17(22)9-6-13(10-12-4-2-1-3-5-12)19-18(23)20-15-11-14-7-8-16(15)24-14/h1-5,13-16H,6-11H2,(H,21,22)(H2,19,20,23)/t13?,14-,15-,16+/m1/s1. The molecule has 4 atom stereocenters. The maximum atomic E-state index is 12.3. The molecule has 6 nitrogen and oxygen atoms in total. The fourth-order valence-corrected chi connectivity index (χ4v) is 3.61. The van der Waals surface area contributed by atoms with Crippen LogP contribution in [0.1, 0.15) is 37.7 Å². The smallest absolute Gasteiger partial charge is 0.315 e. The summed E-state index contributed by atoms with van der Waals surface area (Å²) < 4.78 is 5.75. The molecule has 3 N–H and O–H groups in total. The summed E-state index contributed by atoms with van der Waals surface area (Å²) in [6.07, 6.45) is 4.44. The highest BCUT2D eigenvalue weighted by Gasteiger charge is 2.41. The minimum atomic E-state index is -0.850. The van der Waals surface area contributed by atoms with E-state index in [1.54, 1.807) is 0 Å². The third-order valence-electron chi connectivity index (χ3n) is 4.79. The van der Waals surface area contributed by atoms with E-state index in [2.05, 4.69) is 10.6 Å². The van der Waals surface area contributed by atoms with E-state index in [-0.39, 0.29) is 36.7 Å². The Bertz CT molecular complexity index is 578. The first-order chi connectivity index (χ1) is 11.6. The lowest BCUT2D eigenvalue weighted by Gasteiger charge is -2.23. The summed E-state index contributed by atoms with van der Waals surface area (Å²) in [4.78, 5) is 23.2. The number of rotatable bonds is 7. The Balaban J connectivity index is 1.53. The molecule has 0 aromatic heterocycles. The van der Waals surface area contributed by atoms with Gasteiger partial charge >= 0.3 is 12.0 Å². The molecule has 0 radical (unpaired) electrons. The van der Waals surface area contributed by atoms with Gasteiger partial charge in [-0.05, 0) is 37.7 Å². The first-order valence-electron chi connectivity index (χ1n) is 8.58. The van der Waals surface area contributed by atoms with Gasteiger partial charge in [0.1, 0.15) is 0 Å². The number of aliphatic carboxylic acids is 1. The van der Waals surface area contributed by atoms with Gasteiger partial charge in [-0.2, -0.15) is 0 Å². The van der Waals surface area contributed by atoms with E-state index in [4.69, 9.17) is 9.84 Å². The van der Waals surface area contributed by atoms with Crippen molar-refractivity contribution in [1.29, 1.82) is 0 Å². The van der Waals surface area contributed by atoms with E-state index in [0.29, 0.717) is 12.8 Å². The maximum Gasteiger partial charge on any atom is 0.315 e. The molecule has 2 aliphatic rings. The molecule has 0 saturated carbocycles. The minimum Gasteiger partial charge on any atom is -0.481 e. The number of carbonyl (C=O) groups is 2. The molecule has 0 aliphatic carbocycles. The van der Waals surface area contributed by atoms with Crippen LogP contribution in [0.3, 0.4) is 0 Å². The Morgan fingerprint density at radius 2 is 2.04 bits per heavy atom. The highest BCUT2D eigenvalue weighted by Crippen LogP contribution is 2.34. The Hall–Kier alpha value is -2.08. The Morgan fingerprint density at radius 1 is 1.25 bits per heavy atom. The summed E-state index contributed by atoms with van der Waals surface area (Å²) in [5.74, 6) is -0.850. The van der Waals surface area contributed by atoms with Crippen molar-refractivity contribution in [3.05, 3.63) is 35.9 Å². The summed E-state index contributed by atoms with van der Waals surface area (Å²) >= 11 is 0. The van der Waals surface area contributed by atoms with Gasteiger partial charge < -0.3 is 20.5 Å². The molecule has 3 rings (SSSR count). The molecule has 1 aromatic carbocycles. The number of amides is 2. The molecule has 2 fully saturated rings. The summed E-state index contributed by atoms with van der Waals surface area (Å²) in [7, 11) is 0. The lowest BCUT2D eigenvalue weighted by Crippen LogP contribution is -2.49. The lowest BCUT2D eigenvalue weighted by atomic mass is 9.95. The van der Waals surface area contributed by atoms with E-state index in [9.17, 15) is 9.59 Å². The van der Waals surface area contributed by atoms with Crippen molar-refractivity contribution in [1.82, 2.24) is 10.6 Å². The molecule has 2 bridgehead atoms. The SMILES string of the molecule is O=C(O)CCC(Cc1ccccc1)NC(=O)N[C@@H]1C[C@H]2CC[C@@H]1O2. The second-order valence-electron chi connectivity index (χ2n) is 6.65. The fraction of sp³-hybridized carbons (Fsp3) is 0.556. The summed E-state index contributed by atoms with van der Waals surface area (Å²) in [6.45, 7) is 0. The van der Waals surface area contributed by atoms with Gasteiger partial charge in [-0.3, -0.25) is 4.79 Å². The van der Waals surface area contributed by atoms with Gasteiger partial charge in [-0.1, -0.05) is 30.3 Å². The van der Waals surface area contributed by atoms with E-state index in [0.717, 1.165) is 24.8 Å². The van der Waals surface area contributed by atoms with Crippen LogP contribution >= 0.6 is 0 Å². The highest BCUT2D eigenvalue weighted by atomic mass is 16.5. The Morgan fingerprint density at radius 3 is 2.67 bits per heavy atom. The van der Waals surface area contributed by atoms with Gasteiger partial charge in [0.15, 0.2) is 0 Å². The second-order valence-corrected chi connectivity index (χ2v) is 6.65. The molecule has 6 heteroatoms. The van der Waals surface area contributed by atoms with Gasteiger partial charge in [-0.15, -0.1) is 0 Å². The molecule has 0 spiro atoms. The van der Waals surface area contributed by atoms with Crippen molar-refractivity contribution in [2.75, 3.05) is 0 Å². The van der Waals surface area contributed by atoms with E-state index < -0.39 is 5.97 Å². The number of carbonyl (C=O) groups excluding carboxylic acids is 1. The normalized spacial score (nSPS) is 26.1. The number of hydrogen-bond donors (Lipinski definition) is 3. The average molecular weight is 332 g/mol. The third-order valence-corrected chi connectivity index (χ3v) is 4.79. The molecule has 1 aromatic rings. The fourth-order valence-electron chi connectivity index (χ4n) is 3.61. The number of hydrogen-bond acceptors (Lipinski definition) is 3. The minimum absolute atomic E-state index is 0.0367. The second kappa shape index (κ2) is 7.66. The van der Waals surface area contributed by atoms with Crippen LogP contribution in [0.5, 0.6) is 0 Å². The molecule has 1 unspecified atom stereocenters. The first kappa shape index (κ1) is 16.8. The lowest BCUT2D eigenvalue weighted by molar-refractivity contribution is -0.137. The number of carboxylic acids is 1. The number of carboxylic acid groups (broad SMARTS) is 1. The average Bonchev–Trinajstić information content (AvgIpc) is 3.16. The highest BCUT2D eigenvalue weighted by molar-refractivity contribution is 5.75. The quantitative estimate of drug-likeness (QED) is 0.713. The van der Waals surface area contributed by atoms with Gasteiger partial charge in [0.05, 0.1) is 18.2 Å². The van der Waals surface area contributed by atoms with Crippen LogP contribution in [0.15, 0.2) is 30.3 Å². The molecule has 2 saturated heterocycles. The summed E-state index contributed by atoms with van der Waals surface area (Å²) in [5.41, 5.74) is 1.08. The molecular weight excluding hydrogens is 308 g/mol. The first-order valence-corrected chi connectivity index (χ1v) is 8.58. The topological polar surface area (TPSA) is 87.7 Å². The van der Waals surface area contributed by atoms with E-state index in [1.807, 2.05) is 30.3 Å². The number of benzene rings is 1. The number of nitrogens with one attached hydrogen (secondary N) is 2. The predicted molar refractivity (Wildman–Crippen MR) is 88.8 cm³/mol. The van der Waals surface area contributed by atoms with Crippen molar-refractivity contribution in [2.24, 2.45) is 0 Å². The van der Waals surface area contributed by atoms with Crippen LogP contribution in [0.4, 0.5) is 4.79 Å². The van der Waals surface area contributed by atoms with Gasteiger partial charge in [-0.25, -0.2) is 4.79 Å². The van der Waals surface area contributed by atoms with Crippen molar-refractivity contribution in [2.45, 2.75) is 62.8 Å². The molecule has 2 heterocycles. The van der Waals surface area contributed by atoms with E-state index >= 15 is 0 Å². The van der Waals surface area contributed by atoms with Crippen LogP contribution in [0, 0.1) is 0 Å². The number of ether oxygens (including phenoxy) is 1. The zero-order valence-electron chi connectivity index (χ0n) is 13.6. The molecule has 24 heavy (non-hydrogen) atoms. The summed E-state index contributed by atoms with van der Waals surface area (Å²) in [5, 5.41) is 14.8. The van der Waals surface area contributed by atoms with Crippen LogP contribution in [0.25, 0.3) is 0 Å². The van der Waals surface area contributed by atoms with Crippen molar-refractivity contribution in [3.8, 4) is 0 Å². The van der Waals surface area contributed by atoms with Crippen molar-refractivity contribution < 1.29 is 19.4 Å². The molecule has 2 aliphatic heterocycles. The largest absolute Gasteiger partial charge is 0.481 e. The monoisotopic (exact) mass is 332 g/mol. The van der Waals surface area contributed by atoms with Gasteiger partial charge in [0.25, 0.3) is 0 Å². The molecule has 130 valence electrons. The maximum absolute atomic E-state index is 12.3. The van der Waals surface area contributed by atoms with Crippen LogP contribution < -0.4 is 10.6 Å². The van der Waals surface area contributed by atoms with Crippen LogP contribution in [-0.2, 0) is 16.0 Å². The van der Waals surface area contributed by atoms with Gasteiger partial charge in [0, 0.05) is 12.5 Å². The van der Waals surface area contributed by atoms with E-state index in [1.165, 1.54) is 0 Å². The predicted octanol–water partition coefficient (Wildman–Crippen LogP) is 2.08. The van der Waals surface area contributed by atoms with Crippen LogP contribution in [0.2, 0.25) is 0 Å². The number of fused-ring (bicyclic) bond motifs is 2. The van der Waals surface area contributed by atoms with Gasteiger partial charge in [0.2, 0.25) is 0 Å².